The molecule has 1 amide bonds. The largest absolute Gasteiger partial charge is 0.493 e. The van der Waals surface area contributed by atoms with E-state index in [0.717, 1.165) is 5.56 Å². The summed E-state index contributed by atoms with van der Waals surface area (Å²) < 4.78 is 22.1. The van der Waals surface area contributed by atoms with E-state index in [4.69, 9.17) is 18.9 Å². The number of rotatable bonds is 5. The van der Waals surface area contributed by atoms with Crippen molar-refractivity contribution in [3.63, 3.8) is 0 Å². The normalized spacial score (nSPS) is 15.4. The van der Waals surface area contributed by atoms with Gasteiger partial charge in [0.25, 0.3) is 5.91 Å². The molecule has 0 saturated carbocycles. The Balaban J connectivity index is 1.72. The zero-order chi connectivity index (χ0) is 17.8. The molecular formula is C19H21NO5. The van der Waals surface area contributed by atoms with Crippen molar-refractivity contribution in [2.45, 2.75) is 12.6 Å². The van der Waals surface area contributed by atoms with Crippen LogP contribution in [0.5, 0.6) is 23.0 Å². The minimum atomic E-state index is -0.670. The topological polar surface area (TPSA) is 57.2 Å². The van der Waals surface area contributed by atoms with Gasteiger partial charge in [-0.2, -0.15) is 0 Å². The number of para-hydroxylation sites is 3. The molecule has 1 aliphatic heterocycles. The van der Waals surface area contributed by atoms with Gasteiger partial charge in [0, 0.05) is 19.2 Å². The third-order valence-electron chi connectivity index (χ3n) is 4.05. The highest BCUT2D eigenvalue weighted by Gasteiger charge is 2.30. The van der Waals surface area contributed by atoms with Crippen LogP contribution < -0.4 is 18.9 Å². The van der Waals surface area contributed by atoms with Crippen molar-refractivity contribution in [3.8, 4) is 23.0 Å². The van der Waals surface area contributed by atoms with Gasteiger partial charge in [-0.1, -0.05) is 24.3 Å². The van der Waals surface area contributed by atoms with E-state index in [1.807, 2.05) is 36.4 Å². The van der Waals surface area contributed by atoms with E-state index in [2.05, 4.69) is 0 Å². The molecule has 2 aromatic rings. The molecule has 2 aromatic carbocycles. The molecule has 0 spiro atoms. The minimum absolute atomic E-state index is 0.153. The first-order chi connectivity index (χ1) is 12.1. The summed E-state index contributed by atoms with van der Waals surface area (Å²) in [5, 5.41) is 0. The first-order valence-electron chi connectivity index (χ1n) is 7.97. The van der Waals surface area contributed by atoms with E-state index >= 15 is 0 Å². The van der Waals surface area contributed by atoms with Crippen LogP contribution >= 0.6 is 0 Å². The molecule has 0 saturated heterocycles. The highest BCUT2D eigenvalue weighted by Crippen LogP contribution is 2.33. The van der Waals surface area contributed by atoms with Crippen molar-refractivity contribution in [1.29, 1.82) is 0 Å². The number of benzene rings is 2. The van der Waals surface area contributed by atoms with E-state index < -0.39 is 6.10 Å². The smallest absolute Gasteiger partial charge is 0.267 e. The number of likely N-dealkylation sites (N-methyl/N-ethyl adjacent to an activating group) is 1. The SMILES string of the molecule is COc1cccc(CN(C)C(=O)[C@@H]2COc3ccccc3O2)c1OC. The lowest BCUT2D eigenvalue weighted by molar-refractivity contribution is -0.140. The zero-order valence-corrected chi connectivity index (χ0v) is 14.5. The van der Waals surface area contributed by atoms with E-state index in [1.165, 1.54) is 0 Å². The monoisotopic (exact) mass is 343 g/mol. The predicted octanol–water partition coefficient (Wildman–Crippen LogP) is 2.50. The van der Waals surface area contributed by atoms with Crippen molar-refractivity contribution in [2.24, 2.45) is 0 Å². The Kier molecular flexibility index (Phi) is 4.97. The van der Waals surface area contributed by atoms with E-state index in [0.29, 0.717) is 29.5 Å². The third-order valence-corrected chi connectivity index (χ3v) is 4.05. The Morgan fingerprint density at radius 2 is 1.88 bits per heavy atom. The fraction of sp³-hybridized carbons (Fsp3) is 0.316. The van der Waals surface area contributed by atoms with Crippen molar-refractivity contribution >= 4 is 5.91 Å². The van der Waals surface area contributed by atoms with Gasteiger partial charge in [-0.05, 0) is 18.2 Å². The molecule has 0 bridgehead atoms. The van der Waals surface area contributed by atoms with Crippen LogP contribution in [0.15, 0.2) is 42.5 Å². The number of amides is 1. The second-order valence-electron chi connectivity index (χ2n) is 5.71. The molecule has 0 fully saturated rings. The lowest BCUT2D eigenvalue weighted by Crippen LogP contribution is -2.44. The van der Waals surface area contributed by atoms with Gasteiger partial charge in [0.15, 0.2) is 23.0 Å². The molecular weight excluding hydrogens is 322 g/mol. The van der Waals surface area contributed by atoms with Crippen molar-refractivity contribution < 1.29 is 23.7 Å². The summed E-state index contributed by atoms with van der Waals surface area (Å²) in [6.07, 6.45) is -0.670. The van der Waals surface area contributed by atoms with Crippen LogP contribution in [-0.4, -0.2) is 44.8 Å². The summed E-state index contributed by atoms with van der Waals surface area (Å²) in [7, 11) is 4.89. The second-order valence-corrected chi connectivity index (χ2v) is 5.71. The Hall–Kier alpha value is -2.89. The number of carbonyl (C=O) groups excluding carboxylic acids is 1. The van der Waals surface area contributed by atoms with Crippen molar-refractivity contribution in [2.75, 3.05) is 27.9 Å². The number of nitrogens with zero attached hydrogens (tertiary/aromatic N) is 1. The Morgan fingerprint density at radius 3 is 2.60 bits per heavy atom. The van der Waals surface area contributed by atoms with Crippen LogP contribution in [0.2, 0.25) is 0 Å². The molecule has 0 aliphatic carbocycles. The Bertz CT molecular complexity index is 761. The van der Waals surface area contributed by atoms with E-state index in [1.54, 1.807) is 32.2 Å². The molecule has 3 rings (SSSR count). The van der Waals surface area contributed by atoms with Gasteiger partial charge in [-0.15, -0.1) is 0 Å². The van der Waals surface area contributed by atoms with Crippen molar-refractivity contribution in [3.05, 3.63) is 48.0 Å². The molecule has 6 nitrogen and oxygen atoms in total. The summed E-state index contributed by atoms with van der Waals surface area (Å²) >= 11 is 0. The van der Waals surface area contributed by atoms with E-state index in [-0.39, 0.29) is 12.5 Å². The van der Waals surface area contributed by atoms with Gasteiger partial charge >= 0.3 is 0 Å². The maximum absolute atomic E-state index is 12.7. The van der Waals surface area contributed by atoms with Gasteiger partial charge in [0.1, 0.15) is 6.61 Å². The van der Waals surface area contributed by atoms with Gasteiger partial charge in [-0.25, -0.2) is 0 Å². The average Bonchev–Trinajstić information content (AvgIpc) is 2.66. The number of fused-ring (bicyclic) bond motifs is 1. The van der Waals surface area contributed by atoms with Crippen molar-refractivity contribution in [1.82, 2.24) is 4.90 Å². The zero-order valence-electron chi connectivity index (χ0n) is 14.5. The molecule has 25 heavy (non-hydrogen) atoms. The standard InChI is InChI=1S/C19H21NO5/c1-20(11-13-7-6-10-16(22-2)18(13)23-3)19(21)17-12-24-14-8-4-5-9-15(14)25-17/h4-10,17H,11-12H2,1-3H3/t17-/m0/s1. The summed E-state index contributed by atoms with van der Waals surface area (Å²) in [5.41, 5.74) is 0.856. The lowest BCUT2D eigenvalue weighted by Gasteiger charge is -2.29. The fourth-order valence-electron chi connectivity index (χ4n) is 2.80. The molecule has 1 atom stereocenters. The van der Waals surface area contributed by atoms with Crippen LogP contribution in [0.25, 0.3) is 0 Å². The number of hydrogen-bond donors (Lipinski definition) is 0. The molecule has 0 aromatic heterocycles. The van der Waals surface area contributed by atoms with Gasteiger partial charge < -0.3 is 23.8 Å². The summed E-state index contributed by atoms with van der Waals surface area (Å²) in [5.74, 6) is 2.34. The molecule has 132 valence electrons. The summed E-state index contributed by atoms with van der Waals surface area (Å²) in [6, 6.07) is 12.9. The predicted molar refractivity (Wildman–Crippen MR) is 92.4 cm³/mol. The molecule has 0 N–H and O–H groups in total. The summed E-state index contributed by atoms with van der Waals surface area (Å²) in [6.45, 7) is 0.566. The summed E-state index contributed by atoms with van der Waals surface area (Å²) in [4.78, 5) is 14.3. The van der Waals surface area contributed by atoms with Gasteiger partial charge in [0.2, 0.25) is 6.10 Å². The van der Waals surface area contributed by atoms with E-state index in [9.17, 15) is 4.79 Å². The first-order valence-corrected chi connectivity index (χ1v) is 7.97. The third kappa shape index (κ3) is 3.47. The molecule has 1 aliphatic rings. The first kappa shape index (κ1) is 17.0. The fourth-order valence-corrected chi connectivity index (χ4v) is 2.80. The second kappa shape index (κ2) is 7.34. The molecule has 0 radical (unpaired) electrons. The van der Waals surface area contributed by atoms with Gasteiger partial charge in [0.05, 0.1) is 14.2 Å². The molecule has 6 heteroatoms. The highest BCUT2D eigenvalue weighted by atomic mass is 16.6. The van der Waals surface area contributed by atoms with Crippen LogP contribution in [0.3, 0.4) is 0 Å². The lowest BCUT2D eigenvalue weighted by atomic mass is 10.1. The number of ether oxygens (including phenoxy) is 4. The Morgan fingerprint density at radius 1 is 1.12 bits per heavy atom. The average molecular weight is 343 g/mol. The van der Waals surface area contributed by atoms with Crippen LogP contribution in [0.4, 0.5) is 0 Å². The van der Waals surface area contributed by atoms with Crippen LogP contribution in [0, 0.1) is 0 Å². The van der Waals surface area contributed by atoms with Gasteiger partial charge in [-0.3, -0.25) is 4.79 Å². The number of methoxy groups -OCH3 is 2. The highest BCUT2D eigenvalue weighted by molar-refractivity contribution is 5.81. The maximum atomic E-state index is 12.7. The maximum Gasteiger partial charge on any atom is 0.267 e. The minimum Gasteiger partial charge on any atom is -0.493 e. The van der Waals surface area contributed by atoms with Crippen LogP contribution in [-0.2, 0) is 11.3 Å². The number of hydrogen-bond acceptors (Lipinski definition) is 5. The quantitative estimate of drug-likeness (QED) is 0.835. The molecule has 0 unspecified atom stereocenters. The Labute approximate surface area is 146 Å². The number of carbonyl (C=O) groups is 1. The van der Waals surface area contributed by atoms with Crippen LogP contribution in [0.1, 0.15) is 5.56 Å². The molecule has 1 heterocycles.